The molecule has 0 saturated carbocycles. The molecule has 2 aromatic rings. The Morgan fingerprint density at radius 3 is 2.59 bits per heavy atom. The molecule has 1 N–H and O–H groups in total. The molecule has 1 amide bonds. The van der Waals surface area contributed by atoms with Gasteiger partial charge in [-0.2, -0.15) is 13.2 Å². The zero-order chi connectivity index (χ0) is 19.2. The van der Waals surface area contributed by atoms with Gasteiger partial charge in [-0.1, -0.05) is 0 Å². The summed E-state index contributed by atoms with van der Waals surface area (Å²) in [6, 6.07) is 4.11. The van der Waals surface area contributed by atoms with Crippen LogP contribution in [-0.4, -0.2) is 57.9 Å². The predicted molar refractivity (Wildman–Crippen MR) is 95.3 cm³/mol. The van der Waals surface area contributed by atoms with Crippen molar-refractivity contribution in [2.75, 3.05) is 26.2 Å². The number of alkyl halides is 3. The van der Waals surface area contributed by atoms with Crippen molar-refractivity contribution in [3.8, 4) is 0 Å². The third-order valence-electron chi connectivity index (χ3n) is 5.86. The van der Waals surface area contributed by atoms with E-state index < -0.39 is 11.7 Å². The number of carbonyl (C=O) groups is 1. The summed E-state index contributed by atoms with van der Waals surface area (Å²) < 4.78 is 38.7. The van der Waals surface area contributed by atoms with Crippen LogP contribution in [0.15, 0.2) is 18.2 Å². The average Bonchev–Trinajstić information content (AvgIpc) is 3.27. The highest BCUT2D eigenvalue weighted by atomic mass is 19.4. The van der Waals surface area contributed by atoms with Crippen LogP contribution in [0, 0.1) is 0 Å². The molecule has 2 aliphatic heterocycles. The number of hydrogen-bond donors (Lipinski definition) is 1. The highest BCUT2D eigenvalue weighted by molar-refractivity contribution is 5.76. The van der Waals surface area contributed by atoms with Crippen LogP contribution in [0.4, 0.5) is 13.2 Å². The molecule has 0 spiro atoms. The Morgan fingerprint density at radius 2 is 1.93 bits per heavy atom. The molecule has 4 rings (SSSR count). The minimum atomic E-state index is -4.35. The smallest absolute Gasteiger partial charge is 0.343 e. The van der Waals surface area contributed by atoms with Crippen LogP contribution in [0.5, 0.6) is 0 Å². The van der Waals surface area contributed by atoms with E-state index in [9.17, 15) is 18.0 Å². The number of nitrogens with zero attached hydrogens (tertiary/aromatic N) is 3. The lowest BCUT2D eigenvalue weighted by Crippen LogP contribution is -2.45. The molecule has 1 aromatic carbocycles. The number of amides is 1. The Hall–Kier alpha value is -2.09. The topological polar surface area (TPSA) is 52.2 Å². The number of imidazole rings is 1. The summed E-state index contributed by atoms with van der Waals surface area (Å²) in [6.45, 7) is 5.02. The molecule has 5 nitrogen and oxygen atoms in total. The average molecular weight is 380 g/mol. The van der Waals surface area contributed by atoms with Crippen molar-refractivity contribution in [2.45, 2.75) is 44.3 Å². The standard InChI is InChI=1S/C19H23F3N4O/c1-12(27)25-8-5-15(6-9-25)26-7-4-13(11-26)18-23-16-3-2-14(19(20,21)22)10-17(16)24-18/h2-3,10,13,15H,4-9,11H2,1H3,(H,23,24)/t13-/m0/s1. The molecule has 1 aromatic heterocycles. The van der Waals surface area contributed by atoms with Crippen molar-refractivity contribution in [3.63, 3.8) is 0 Å². The van der Waals surface area contributed by atoms with Gasteiger partial charge in [0.2, 0.25) is 5.91 Å². The van der Waals surface area contributed by atoms with Gasteiger partial charge in [-0.05, 0) is 44.0 Å². The first-order valence-corrected chi connectivity index (χ1v) is 9.37. The van der Waals surface area contributed by atoms with Crippen molar-refractivity contribution in [1.29, 1.82) is 0 Å². The quantitative estimate of drug-likeness (QED) is 0.869. The summed E-state index contributed by atoms with van der Waals surface area (Å²) in [5.74, 6) is 1.11. The molecule has 2 fully saturated rings. The van der Waals surface area contributed by atoms with E-state index in [1.54, 1.807) is 6.92 Å². The summed E-state index contributed by atoms with van der Waals surface area (Å²) in [4.78, 5) is 23.4. The largest absolute Gasteiger partial charge is 0.416 e. The molecular formula is C19H23F3N4O. The van der Waals surface area contributed by atoms with Gasteiger partial charge in [0.1, 0.15) is 5.82 Å². The molecule has 146 valence electrons. The number of hydrogen-bond acceptors (Lipinski definition) is 3. The number of carbonyl (C=O) groups excluding carboxylic acids is 1. The summed E-state index contributed by atoms with van der Waals surface area (Å²) in [7, 11) is 0. The first-order valence-electron chi connectivity index (χ1n) is 9.37. The fourth-order valence-corrected chi connectivity index (χ4v) is 4.29. The Bertz CT molecular complexity index is 839. The lowest BCUT2D eigenvalue weighted by atomic mass is 10.0. The van der Waals surface area contributed by atoms with Gasteiger partial charge in [-0.25, -0.2) is 4.98 Å². The van der Waals surface area contributed by atoms with Gasteiger partial charge >= 0.3 is 6.18 Å². The maximum absolute atomic E-state index is 12.9. The molecule has 27 heavy (non-hydrogen) atoms. The maximum atomic E-state index is 12.9. The van der Waals surface area contributed by atoms with Crippen molar-refractivity contribution in [2.24, 2.45) is 0 Å². The zero-order valence-electron chi connectivity index (χ0n) is 15.2. The SMILES string of the molecule is CC(=O)N1CCC(N2CC[C@H](c3nc4ccc(C(F)(F)F)cc4[nH]3)C2)CC1. The second kappa shape index (κ2) is 6.82. The van der Waals surface area contributed by atoms with Gasteiger partial charge in [0.15, 0.2) is 0 Å². The van der Waals surface area contributed by atoms with E-state index in [-0.39, 0.29) is 11.8 Å². The Labute approximate surface area is 155 Å². The molecule has 0 bridgehead atoms. The first-order chi connectivity index (χ1) is 12.8. The van der Waals surface area contributed by atoms with E-state index >= 15 is 0 Å². The fraction of sp³-hybridized carbons (Fsp3) is 0.579. The molecule has 2 saturated heterocycles. The van der Waals surface area contributed by atoms with E-state index in [1.807, 2.05) is 4.90 Å². The summed E-state index contributed by atoms with van der Waals surface area (Å²) >= 11 is 0. The minimum Gasteiger partial charge on any atom is -0.343 e. The van der Waals surface area contributed by atoms with Crippen LogP contribution in [0.25, 0.3) is 11.0 Å². The number of rotatable bonds is 2. The number of aromatic amines is 1. The molecule has 3 heterocycles. The van der Waals surface area contributed by atoms with E-state index in [0.717, 1.165) is 63.4 Å². The lowest BCUT2D eigenvalue weighted by molar-refractivity contribution is -0.137. The number of H-pyrrole nitrogens is 1. The summed E-state index contributed by atoms with van der Waals surface area (Å²) in [6.07, 6.45) is -1.46. The number of aromatic nitrogens is 2. The molecule has 2 aliphatic rings. The maximum Gasteiger partial charge on any atom is 0.416 e. The van der Waals surface area contributed by atoms with Gasteiger partial charge in [-0.3, -0.25) is 9.69 Å². The van der Waals surface area contributed by atoms with Crippen LogP contribution >= 0.6 is 0 Å². The number of likely N-dealkylation sites (tertiary alicyclic amines) is 2. The highest BCUT2D eigenvalue weighted by Gasteiger charge is 2.34. The van der Waals surface area contributed by atoms with Gasteiger partial charge in [-0.15, -0.1) is 0 Å². The van der Waals surface area contributed by atoms with E-state index in [2.05, 4.69) is 14.9 Å². The molecular weight excluding hydrogens is 357 g/mol. The second-order valence-corrected chi connectivity index (χ2v) is 7.57. The molecule has 0 unspecified atom stereocenters. The number of piperidine rings is 1. The van der Waals surface area contributed by atoms with E-state index in [4.69, 9.17) is 0 Å². The lowest BCUT2D eigenvalue weighted by Gasteiger charge is -2.36. The van der Waals surface area contributed by atoms with Crippen molar-refractivity contribution < 1.29 is 18.0 Å². The van der Waals surface area contributed by atoms with Gasteiger partial charge in [0.05, 0.1) is 16.6 Å². The predicted octanol–water partition coefficient (Wildman–Crippen LogP) is 3.38. The normalized spacial score (nSPS) is 22.7. The Morgan fingerprint density at radius 1 is 1.19 bits per heavy atom. The monoisotopic (exact) mass is 380 g/mol. The summed E-state index contributed by atoms with van der Waals surface area (Å²) in [5.41, 5.74) is 0.356. The van der Waals surface area contributed by atoms with Crippen LogP contribution < -0.4 is 0 Å². The molecule has 0 radical (unpaired) electrons. The first kappa shape index (κ1) is 18.3. The zero-order valence-corrected chi connectivity index (χ0v) is 15.2. The number of fused-ring (bicyclic) bond motifs is 1. The number of nitrogens with one attached hydrogen (secondary N) is 1. The number of halogens is 3. The Balaban J connectivity index is 1.44. The van der Waals surface area contributed by atoms with Crippen LogP contribution in [-0.2, 0) is 11.0 Å². The van der Waals surface area contributed by atoms with Crippen LogP contribution in [0.2, 0.25) is 0 Å². The van der Waals surface area contributed by atoms with Crippen LogP contribution in [0.1, 0.15) is 43.5 Å². The minimum absolute atomic E-state index is 0.133. The van der Waals surface area contributed by atoms with E-state index in [0.29, 0.717) is 17.1 Å². The highest BCUT2D eigenvalue weighted by Crippen LogP contribution is 2.33. The fourth-order valence-electron chi connectivity index (χ4n) is 4.29. The molecule has 8 heteroatoms. The van der Waals surface area contributed by atoms with Crippen molar-refractivity contribution in [1.82, 2.24) is 19.8 Å². The van der Waals surface area contributed by atoms with Crippen LogP contribution in [0.3, 0.4) is 0 Å². The van der Waals surface area contributed by atoms with E-state index in [1.165, 1.54) is 6.07 Å². The van der Waals surface area contributed by atoms with Crippen molar-refractivity contribution >= 4 is 16.9 Å². The molecule has 1 atom stereocenters. The second-order valence-electron chi connectivity index (χ2n) is 7.57. The third-order valence-corrected chi connectivity index (χ3v) is 5.86. The van der Waals surface area contributed by atoms with Gasteiger partial charge in [0.25, 0.3) is 0 Å². The van der Waals surface area contributed by atoms with Gasteiger partial charge in [0, 0.05) is 38.5 Å². The van der Waals surface area contributed by atoms with Crippen molar-refractivity contribution in [3.05, 3.63) is 29.6 Å². The third kappa shape index (κ3) is 3.67. The summed E-state index contributed by atoms with van der Waals surface area (Å²) in [5, 5.41) is 0. The number of benzene rings is 1. The molecule has 0 aliphatic carbocycles. The Kier molecular flexibility index (Phi) is 4.61. The van der Waals surface area contributed by atoms with Gasteiger partial charge < -0.3 is 9.88 Å².